The molecule has 0 aliphatic heterocycles. The van der Waals surface area contributed by atoms with E-state index in [1.54, 1.807) is 0 Å². The highest BCUT2D eigenvalue weighted by molar-refractivity contribution is 5.91. The van der Waals surface area contributed by atoms with Crippen molar-refractivity contribution in [3.8, 4) is 0 Å². The van der Waals surface area contributed by atoms with E-state index in [4.69, 9.17) is 0 Å². The highest BCUT2D eigenvalue weighted by Gasteiger charge is 2.20. The van der Waals surface area contributed by atoms with Crippen LogP contribution in [-0.2, 0) is 0 Å². The maximum absolute atomic E-state index is 2.33. The second-order valence-corrected chi connectivity index (χ2v) is 6.85. The van der Waals surface area contributed by atoms with Crippen molar-refractivity contribution in [3.05, 3.63) is 76.9 Å². The Bertz CT molecular complexity index is 772. The third-order valence-electron chi connectivity index (χ3n) is 4.14. The molecule has 0 radical (unpaired) electrons. The molecule has 106 valence electrons. The lowest BCUT2D eigenvalue weighted by Crippen LogP contribution is -2.05. The van der Waals surface area contributed by atoms with E-state index in [0.717, 1.165) is 0 Å². The predicted molar refractivity (Wildman–Crippen MR) is 93.2 cm³/mol. The quantitative estimate of drug-likeness (QED) is 0.584. The fraction of sp³-hybridized carbons (Fsp3) is 0.238. The van der Waals surface area contributed by atoms with Crippen LogP contribution >= 0.6 is 0 Å². The van der Waals surface area contributed by atoms with Crippen LogP contribution in [0.3, 0.4) is 0 Å². The van der Waals surface area contributed by atoms with Gasteiger partial charge < -0.3 is 0 Å². The highest BCUT2D eigenvalue weighted by atomic mass is 14.2. The molecule has 0 amide bonds. The molecule has 1 aliphatic carbocycles. The van der Waals surface area contributed by atoms with Gasteiger partial charge in [0.2, 0.25) is 0 Å². The monoisotopic (exact) mass is 274 g/mol. The van der Waals surface area contributed by atoms with Crippen LogP contribution in [-0.4, -0.2) is 0 Å². The van der Waals surface area contributed by atoms with E-state index in [-0.39, 0.29) is 5.41 Å². The molecule has 0 N–H and O–H groups in total. The zero-order chi connectivity index (χ0) is 15.0. The second kappa shape index (κ2) is 5.04. The average molecular weight is 274 g/mol. The van der Waals surface area contributed by atoms with E-state index in [9.17, 15) is 0 Å². The van der Waals surface area contributed by atoms with Crippen molar-refractivity contribution in [2.24, 2.45) is 5.41 Å². The van der Waals surface area contributed by atoms with E-state index < -0.39 is 0 Å². The molecular formula is C21H22. The Kier molecular flexibility index (Phi) is 3.33. The normalized spacial score (nSPS) is 17.2. The predicted octanol–water partition coefficient (Wildman–Crippen LogP) is 6.16. The van der Waals surface area contributed by atoms with Crippen molar-refractivity contribution in [2.75, 3.05) is 0 Å². The summed E-state index contributed by atoms with van der Waals surface area (Å²) in [6, 6.07) is 15.1. The van der Waals surface area contributed by atoms with Crippen molar-refractivity contribution < 1.29 is 0 Å². The molecular weight excluding hydrogens is 252 g/mol. The summed E-state index contributed by atoms with van der Waals surface area (Å²) >= 11 is 0. The van der Waals surface area contributed by atoms with Gasteiger partial charge in [0.1, 0.15) is 0 Å². The van der Waals surface area contributed by atoms with Gasteiger partial charge >= 0.3 is 0 Å². The Morgan fingerprint density at radius 3 is 2.29 bits per heavy atom. The minimum Gasteiger partial charge on any atom is -0.0616 e. The summed E-state index contributed by atoms with van der Waals surface area (Å²) in [6.45, 7) is 9.00. The van der Waals surface area contributed by atoms with Gasteiger partial charge in [-0.05, 0) is 51.5 Å². The van der Waals surface area contributed by atoms with E-state index in [0.29, 0.717) is 0 Å². The summed E-state index contributed by atoms with van der Waals surface area (Å²) in [5.74, 6) is 0. The summed E-state index contributed by atoms with van der Waals surface area (Å²) in [4.78, 5) is 0. The second-order valence-electron chi connectivity index (χ2n) is 6.85. The summed E-state index contributed by atoms with van der Waals surface area (Å²) in [5.41, 5.74) is 5.59. The van der Waals surface area contributed by atoms with E-state index in [1.165, 1.54) is 33.1 Å². The summed E-state index contributed by atoms with van der Waals surface area (Å²) < 4.78 is 0. The molecule has 0 unspecified atom stereocenters. The SMILES string of the molecule is CC1=CC(C(C)(C)C)=C/C1=C\c1cccc2ccccc12. The van der Waals surface area contributed by atoms with Crippen LogP contribution in [0.25, 0.3) is 16.8 Å². The zero-order valence-corrected chi connectivity index (χ0v) is 13.3. The van der Waals surface area contributed by atoms with Crippen molar-refractivity contribution in [1.82, 2.24) is 0 Å². The van der Waals surface area contributed by atoms with Crippen LogP contribution in [0.1, 0.15) is 33.3 Å². The van der Waals surface area contributed by atoms with Gasteiger partial charge in [-0.1, -0.05) is 75.4 Å². The molecule has 3 rings (SSSR count). The Balaban J connectivity index is 2.10. The Hall–Kier alpha value is -2.08. The minimum absolute atomic E-state index is 0.204. The summed E-state index contributed by atoms with van der Waals surface area (Å²) in [5, 5.41) is 2.62. The summed E-state index contributed by atoms with van der Waals surface area (Å²) in [7, 11) is 0. The van der Waals surface area contributed by atoms with Crippen LogP contribution in [0.15, 0.2) is 71.3 Å². The van der Waals surface area contributed by atoms with Gasteiger partial charge in [-0.25, -0.2) is 0 Å². The lowest BCUT2D eigenvalue weighted by Gasteiger charge is -2.18. The first-order valence-corrected chi connectivity index (χ1v) is 7.55. The summed E-state index contributed by atoms with van der Waals surface area (Å²) in [6.07, 6.45) is 6.96. The van der Waals surface area contributed by atoms with E-state index >= 15 is 0 Å². The lowest BCUT2D eigenvalue weighted by molar-refractivity contribution is 0.518. The van der Waals surface area contributed by atoms with Crippen LogP contribution < -0.4 is 0 Å². The fourth-order valence-electron chi connectivity index (χ4n) is 2.77. The third-order valence-corrected chi connectivity index (χ3v) is 4.14. The first-order chi connectivity index (χ1) is 9.95. The van der Waals surface area contributed by atoms with Gasteiger partial charge in [-0.15, -0.1) is 0 Å². The Labute approximate surface area is 127 Å². The molecule has 0 fully saturated rings. The van der Waals surface area contributed by atoms with Crippen molar-refractivity contribution >= 4 is 16.8 Å². The molecule has 1 aliphatic rings. The lowest BCUT2D eigenvalue weighted by atomic mass is 9.87. The fourth-order valence-corrected chi connectivity index (χ4v) is 2.77. The maximum atomic E-state index is 2.33. The van der Waals surface area contributed by atoms with E-state index in [2.05, 4.69) is 88.4 Å². The van der Waals surface area contributed by atoms with E-state index in [1.807, 2.05) is 0 Å². The van der Waals surface area contributed by atoms with Crippen molar-refractivity contribution in [1.29, 1.82) is 0 Å². The number of hydrogen-bond acceptors (Lipinski definition) is 0. The smallest absolute Gasteiger partial charge is 0.0111 e. The molecule has 0 heterocycles. The number of allylic oxidation sites excluding steroid dienone is 5. The first-order valence-electron chi connectivity index (χ1n) is 7.55. The average Bonchev–Trinajstić information content (AvgIpc) is 2.81. The molecule has 2 aromatic rings. The van der Waals surface area contributed by atoms with Crippen molar-refractivity contribution in [2.45, 2.75) is 27.7 Å². The minimum atomic E-state index is 0.204. The van der Waals surface area contributed by atoms with Gasteiger partial charge in [0.25, 0.3) is 0 Å². The van der Waals surface area contributed by atoms with Gasteiger partial charge in [-0.2, -0.15) is 0 Å². The molecule has 21 heavy (non-hydrogen) atoms. The largest absolute Gasteiger partial charge is 0.0616 e. The number of rotatable bonds is 1. The molecule has 0 saturated heterocycles. The van der Waals surface area contributed by atoms with Gasteiger partial charge in [0.15, 0.2) is 0 Å². The molecule has 0 spiro atoms. The van der Waals surface area contributed by atoms with Gasteiger partial charge in [0, 0.05) is 0 Å². The van der Waals surface area contributed by atoms with Gasteiger partial charge in [-0.3, -0.25) is 0 Å². The molecule has 0 nitrogen and oxygen atoms in total. The molecule has 0 saturated carbocycles. The van der Waals surface area contributed by atoms with Crippen LogP contribution in [0.5, 0.6) is 0 Å². The number of fused-ring (bicyclic) bond motifs is 1. The molecule has 0 bridgehead atoms. The Morgan fingerprint density at radius 1 is 0.857 bits per heavy atom. The Morgan fingerprint density at radius 2 is 1.57 bits per heavy atom. The molecule has 0 heteroatoms. The number of benzene rings is 2. The topological polar surface area (TPSA) is 0 Å². The van der Waals surface area contributed by atoms with Crippen LogP contribution in [0, 0.1) is 5.41 Å². The maximum Gasteiger partial charge on any atom is -0.0111 e. The van der Waals surface area contributed by atoms with Gasteiger partial charge in [0.05, 0.1) is 0 Å². The zero-order valence-electron chi connectivity index (χ0n) is 13.3. The third kappa shape index (κ3) is 2.71. The van der Waals surface area contributed by atoms with Crippen LogP contribution in [0.2, 0.25) is 0 Å². The van der Waals surface area contributed by atoms with Crippen molar-refractivity contribution in [3.63, 3.8) is 0 Å². The molecule has 2 aromatic carbocycles. The highest BCUT2D eigenvalue weighted by Crippen LogP contribution is 2.36. The molecule has 0 aromatic heterocycles. The molecule has 0 atom stereocenters. The number of hydrogen-bond donors (Lipinski definition) is 0. The standard InChI is InChI=1S/C21H22/c1-15-12-19(21(2,3)4)14-18(15)13-17-10-7-9-16-8-5-6-11-20(16)17/h5-14H,1-4H3/b18-13+. The first kappa shape index (κ1) is 13.9. The van der Waals surface area contributed by atoms with Crippen LogP contribution in [0.4, 0.5) is 0 Å².